The van der Waals surface area contributed by atoms with Crippen LogP contribution in [0.3, 0.4) is 0 Å². The normalized spacial score (nSPS) is 19.9. The third kappa shape index (κ3) is 4.49. The molecule has 0 aliphatic carbocycles. The fraction of sp³-hybridized carbons (Fsp3) is 0.476. The van der Waals surface area contributed by atoms with Gasteiger partial charge < -0.3 is 10.2 Å². The van der Waals surface area contributed by atoms with Gasteiger partial charge in [-0.2, -0.15) is 4.31 Å². The van der Waals surface area contributed by atoms with Crippen molar-refractivity contribution in [2.45, 2.75) is 29.9 Å². The van der Waals surface area contributed by atoms with E-state index in [2.05, 4.69) is 34.5 Å². The molecule has 1 aromatic heterocycles. The molecule has 2 aliphatic heterocycles. The van der Waals surface area contributed by atoms with Crippen LogP contribution in [0.2, 0.25) is 0 Å². The first-order chi connectivity index (χ1) is 14.1. The second-order valence-electron chi connectivity index (χ2n) is 7.64. The summed E-state index contributed by atoms with van der Waals surface area (Å²) in [4.78, 5) is 15.0. The first kappa shape index (κ1) is 20.4. The van der Waals surface area contributed by atoms with Crippen LogP contribution >= 0.6 is 11.3 Å². The van der Waals surface area contributed by atoms with Gasteiger partial charge in [-0.15, -0.1) is 11.3 Å². The van der Waals surface area contributed by atoms with E-state index < -0.39 is 10.0 Å². The summed E-state index contributed by atoms with van der Waals surface area (Å²) < 4.78 is 27.3. The van der Waals surface area contributed by atoms with E-state index in [-0.39, 0.29) is 18.4 Å². The van der Waals surface area contributed by atoms with Gasteiger partial charge in [0.15, 0.2) is 0 Å². The number of thiophene rings is 1. The number of nitrogens with one attached hydrogen (secondary N) is 1. The summed E-state index contributed by atoms with van der Waals surface area (Å²) in [6.45, 7) is 3.32. The van der Waals surface area contributed by atoms with Crippen LogP contribution in [-0.2, 0) is 21.2 Å². The fourth-order valence-corrected chi connectivity index (χ4v) is 6.85. The van der Waals surface area contributed by atoms with Crippen molar-refractivity contribution in [1.29, 1.82) is 0 Å². The molecule has 1 saturated heterocycles. The quantitative estimate of drug-likeness (QED) is 0.682. The van der Waals surface area contributed by atoms with Crippen molar-refractivity contribution in [3.05, 3.63) is 47.3 Å². The van der Waals surface area contributed by atoms with E-state index in [9.17, 15) is 13.2 Å². The van der Waals surface area contributed by atoms with Gasteiger partial charge in [0.2, 0.25) is 5.91 Å². The highest BCUT2D eigenvalue weighted by Crippen LogP contribution is 2.28. The Morgan fingerprint density at radius 2 is 2.03 bits per heavy atom. The number of carbonyl (C=O) groups is 1. The molecule has 1 fully saturated rings. The van der Waals surface area contributed by atoms with Gasteiger partial charge in [0, 0.05) is 38.4 Å². The van der Waals surface area contributed by atoms with Crippen LogP contribution in [0.15, 0.2) is 46.0 Å². The minimum atomic E-state index is -3.48. The molecule has 4 rings (SSSR count). The minimum Gasteiger partial charge on any atom is -0.371 e. The molecule has 156 valence electrons. The van der Waals surface area contributed by atoms with E-state index in [1.165, 1.54) is 26.9 Å². The lowest BCUT2D eigenvalue weighted by Gasteiger charge is -2.30. The number of anilines is 1. The van der Waals surface area contributed by atoms with Crippen molar-refractivity contribution in [1.82, 2.24) is 9.62 Å². The minimum absolute atomic E-state index is 0.0297. The molecule has 3 heterocycles. The molecule has 0 radical (unpaired) electrons. The summed E-state index contributed by atoms with van der Waals surface area (Å²) in [6.07, 6.45) is 3.41. The van der Waals surface area contributed by atoms with Crippen molar-refractivity contribution in [3.63, 3.8) is 0 Å². The third-order valence-corrected chi connectivity index (χ3v) is 8.97. The summed E-state index contributed by atoms with van der Waals surface area (Å²) in [5.41, 5.74) is 2.70. The average molecular weight is 434 g/mol. The van der Waals surface area contributed by atoms with E-state index in [0.717, 1.165) is 32.4 Å². The maximum Gasteiger partial charge on any atom is 0.252 e. The molecule has 2 aromatic rings. The van der Waals surface area contributed by atoms with E-state index in [0.29, 0.717) is 23.7 Å². The van der Waals surface area contributed by atoms with Crippen molar-refractivity contribution in [2.75, 3.05) is 37.6 Å². The molecule has 0 spiro atoms. The number of fused-ring (bicyclic) bond motifs is 1. The number of hydrogen-bond donors (Lipinski definition) is 1. The molecular weight excluding hydrogens is 406 g/mol. The highest BCUT2D eigenvalue weighted by Gasteiger charge is 2.33. The summed E-state index contributed by atoms with van der Waals surface area (Å²) >= 11 is 1.22. The number of amides is 1. The largest absolute Gasteiger partial charge is 0.371 e. The van der Waals surface area contributed by atoms with Crippen LogP contribution in [0.4, 0.5) is 5.69 Å². The van der Waals surface area contributed by atoms with Gasteiger partial charge >= 0.3 is 0 Å². The predicted molar refractivity (Wildman–Crippen MR) is 116 cm³/mol. The Labute approximate surface area is 176 Å². The van der Waals surface area contributed by atoms with Crippen molar-refractivity contribution in [3.8, 4) is 0 Å². The molecule has 2 aliphatic rings. The molecule has 0 saturated carbocycles. The van der Waals surface area contributed by atoms with Crippen LogP contribution in [0.1, 0.15) is 24.8 Å². The van der Waals surface area contributed by atoms with Gasteiger partial charge in [-0.05, 0) is 48.8 Å². The third-order valence-electron chi connectivity index (χ3n) is 5.73. The lowest BCUT2D eigenvalue weighted by Crippen LogP contribution is -2.45. The van der Waals surface area contributed by atoms with Crippen molar-refractivity contribution in [2.24, 2.45) is 5.92 Å². The standard InChI is InChI=1S/C21H27N3O3S2/c25-21(22-11-5-12-23-14-10-17-6-1-2-8-19(17)23)18-7-3-13-24(16-18)29(26,27)20-9-4-15-28-20/h1-2,4,6,8-9,15,18H,3,5,7,10-14,16H2,(H,22,25)/t18-/m0/s1. The monoisotopic (exact) mass is 433 g/mol. The van der Waals surface area contributed by atoms with E-state index >= 15 is 0 Å². The number of piperidine rings is 1. The Bertz CT molecular complexity index is 944. The van der Waals surface area contributed by atoms with Crippen LogP contribution in [0.25, 0.3) is 0 Å². The second kappa shape index (κ2) is 8.85. The van der Waals surface area contributed by atoms with Gasteiger partial charge in [-0.25, -0.2) is 8.42 Å². The number of hydrogen-bond acceptors (Lipinski definition) is 5. The van der Waals surface area contributed by atoms with E-state index in [4.69, 9.17) is 0 Å². The van der Waals surface area contributed by atoms with Crippen LogP contribution in [0, 0.1) is 5.92 Å². The summed E-state index contributed by atoms with van der Waals surface area (Å²) in [5, 5.41) is 4.79. The Kier molecular flexibility index (Phi) is 6.22. The second-order valence-corrected chi connectivity index (χ2v) is 10.8. The Morgan fingerprint density at radius 1 is 1.17 bits per heavy atom. The van der Waals surface area contributed by atoms with Crippen LogP contribution < -0.4 is 10.2 Å². The Morgan fingerprint density at radius 3 is 2.86 bits per heavy atom. The van der Waals surface area contributed by atoms with E-state index in [1.54, 1.807) is 17.5 Å². The zero-order valence-electron chi connectivity index (χ0n) is 16.4. The van der Waals surface area contributed by atoms with Crippen LogP contribution in [-0.4, -0.2) is 51.4 Å². The van der Waals surface area contributed by atoms with Gasteiger partial charge in [0.05, 0.1) is 5.92 Å². The fourth-order valence-electron chi connectivity index (χ4n) is 4.18. The highest BCUT2D eigenvalue weighted by molar-refractivity contribution is 7.91. The number of benzene rings is 1. The molecule has 1 N–H and O–H groups in total. The summed E-state index contributed by atoms with van der Waals surface area (Å²) in [6, 6.07) is 11.8. The van der Waals surface area contributed by atoms with Gasteiger partial charge in [-0.1, -0.05) is 24.3 Å². The predicted octanol–water partition coefficient (Wildman–Crippen LogP) is 2.72. The maximum absolute atomic E-state index is 12.7. The van der Waals surface area contributed by atoms with Crippen LogP contribution in [0.5, 0.6) is 0 Å². The number of rotatable bonds is 7. The number of carbonyl (C=O) groups excluding carboxylic acids is 1. The van der Waals surface area contributed by atoms with Gasteiger partial charge in [0.25, 0.3) is 10.0 Å². The van der Waals surface area contributed by atoms with Gasteiger partial charge in [0.1, 0.15) is 4.21 Å². The van der Waals surface area contributed by atoms with Crippen molar-refractivity contribution < 1.29 is 13.2 Å². The first-order valence-electron chi connectivity index (χ1n) is 10.2. The molecular formula is C21H27N3O3S2. The Balaban J connectivity index is 1.25. The maximum atomic E-state index is 12.7. The molecule has 1 aromatic carbocycles. The SMILES string of the molecule is O=C(NCCCN1CCc2ccccc21)[C@H]1CCCN(S(=O)(=O)c2cccs2)C1. The van der Waals surface area contributed by atoms with E-state index in [1.807, 2.05) is 0 Å². The Hall–Kier alpha value is -1.90. The smallest absolute Gasteiger partial charge is 0.252 e. The summed E-state index contributed by atoms with van der Waals surface area (Å²) in [7, 11) is -3.48. The first-order valence-corrected chi connectivity index (χ1v) is 12.5. The number of sulfonamides is 1. The summed E-state index contributed by atoms with van der Waals surface area (Å²) in [5.74, 6) is -0.302. The molecule has 1 atom stereocenters. The molecule has 0 bridgehead atoms. The molecule has 1 amide bonds. The number of nitrogens with zero attached hydrogens (tertiary/aromatic N) is 2. The highest BCUT2D eigenvalue weighted by atomic mass is 32.2. The topological polar surface area (TPSA) is 69.7 Å². The zero-order valence-corrected chi connectivity index (χ0v) is 18.1. The lowest BCUT2D eigenvalue weighted by molar-refractivity contribution is -0.126. The lowest BCUT2D eigenvalue weighted by atomic mass is 9.99. The zero-order chi connectivity index (χ0) is 20.3. The van der Waals surface area contributed by atoms with Gasteiger partial charge in [-0.3, -0.25) is 4.79 Å². The van der Waals surface area contributed by atoms with Crippen molar-refractivity contribution >= 4 is 33.0 Å². The molecule has 6 nitrogen and oxygen atoms in total. The number of para-hydroxylation sites is 1. The molecule has 8 heteroatoms. The molecule has 0 unspecified atom stereocenters. The average Bonchev–Trinajstić information content (AvgIpc) is 3.42. The molecule has 29 heavy (non-hydrogen) atoms.